The number of aryl methyl sites for hydroxylation is 1. The average Bonchev–Trinajstić information content (AvgIpc) is 2.26. The highest BCUT2D eigenvalue weighted by Gasteiger charge is 1.93. The topological polar surface area (TPSA) is 58.0 Å². The van der Waals surface area contributed by atoms with Crippen LogP contribution in [-0.4, -0.2) is 28.5 Å². The van der Waals surface area contributed by atoms with Crippen molar-refractivity contribution in [2.75, 3.05) is 18.5 Å². The third-order valence-electron chi connectivity index (χ3n) is 2.19. The molecule has 1 aromatic heterocycles. The zero-order chi connectivity index (χ0) is 10.9. The molecule has 0 radical (unpaired) electrons. The molecule has 15 heavy (non-hydrogen) atoms. The quantitative estimate of drug-likeness (QED) is 0.672. The van der Waals surface area contributed by atoms with Crippen molar-refractivity contribution >= 4 is 5.82 Å². The Morgan fingerprint density at radius 3 is 2.60 bits per heavy atom. The van der Waals surface area contributed by atoms with Crippen LogP contribution in [0.25, 0.3) is 0 Å². The summed E-state index contributed by atoms with van der Waals surface area (Å²) < 4.78 is 0. The molecule has 0 bridgehead atoms. The Morgan fingerprint density at radius 2 is 1.93 bits per heavy atom. The van der Waals surface area contributed by atoms with Crippen molar-refractivity contribution in [1.82, 2.24) is 10.2 Å². The standard InChI is InChI=1S/C11H19N3O/c1-10-6-7-11(14-13-10)12-8-4-2-3-5-9-15/h6-7,15H,2-5,8-9H2,1H3,(H,12,14). The van der Waals surface area contributed by atoms with Crippen LogP contribution in [0.5, 0.6) is 0 Å². The van der Waals surface area contributed by atoms with E-state index >= 15 is 0 Å². The minimum Gasteiger partial charge on any atom is -0.396 e. The summed E-state index contributed by atoms with van der Waals surface area (Å²) in [6, 6.07) is 3.89. The summed E-state index contributed by atoms with van der Waals surface area (Å²) in [6.45, 7) is 3.14. The van der Waals surface area contributed by atoms with Gasteiger partial charge >= 0.3 is 0 Å². The predicted molar refractivity (Wildman–Crippen MR) is 60.8 cm³/mol. The highest BCUT2D eigenvalue weighted by Crippen LogP contribution is 2.03. The van der Waals surface area contributed by atoms with Gasteiger partial charge in [0.1, 0.15) is 5.82 Å². The van der Waals surface area contributed by atoms with E-state index in [1.807, 2.05) is 19.1 Å². The summed E-state index contributed by atoms with van der Waals surface area (Å²) in [5.41, 5.74) is 0.934. The normalized spacial score (nSPS) is 10.3. The van der Waals surface area contributed by atoms with E-state index in [1.165, 1.54) is 0 Å². The SMILES string of the molecule is Cc1ccc(NCCCCCCO)nn1. The second kappa shape index (κ2) is 7.17. The van der Waals surface area contributed by atoms with Crippen molar-refractivity contribution in [1.29, 1.82) is 0 Å². The summed E-state index contributed by atoms with van der Waals surface area (Å²) >= 11 is 0. The van der Waals surface area contributed by atoms with Crippen molar-refractivity contribution < 1.29 is 5.11 Å². The molecule has 0 saturated heterocycles. The molecule has 0 aliphatic carbocycles. The van der Waals surface area contributed by atoms with Gasteiger partial charge in [0.25, 0.3) is 0 Å². The monoisotopic (exact) mass is 209 g/mol. The van der Waals surface area contributed by atoms with Crippen molar-refractivity contribution in [2.24, 2.45) is 0 Å². The molecular weight excluding hydrogens is 190 g/mol. The first kappa shape index (κ1) is 11.9. The van der Waals surface area contributed by atoms with E-state index in [-0.39, 0.29) is 0 Å². The van der Waals surface area contributed by atoms with Crippen LogP contribution >= 0.6 is 0 Å². The lowest BCUT2D eigenvalue weighted by Crippen LogP contribution is -2.04. The molecule has 4 nitrogen and oxygen atoms in total. The smallest absolute Gasteiger partial charge is 0.148 e. The van der Waals surface area contributed by atoms with E-state index in [2.05, 4.69) is 15.5 Å². The van der Waals surface area contributed by atoms with E-state index in [4.69, 9.17) is 5.11 Å². The van der Waals surface area contributed by atoms with Gasteiger partial charge in [-0.05, 0) is 31.9 Å². The summed E-state index contributed by atoms with van der Waals surface area (Å²) in [6.07, 6.45) is 4.25. The molecule has 84 valence electrons. The predicted octanol–water partition coefficient (Wildman–Crippen LogP) is 1.75. The second-order valence-corrected chi connectivity index (χ2v) is 3.62. The maximum atomic E-state index is 8.59. The zero-order valence-electron chi connectivity index (χ0n) is 9.24. The Labute approximate surface area is 90.7 Å². The lowest BCUT2D eigenvalue weighted by Gasteiger charge is -2.04. The number of nitrogens with one attached hydrogen (secondary N) is 1. The van der Waals surface area contributed by atoms with Crippen LogP contribution in [0.4, 0.5) is 5.82 Å². The van der Waals surface area contributed by atoms with Crippen LogP contribution in [0.3, 0.4) is 0 Å². The molecule has 1 aromatic rings. The molecule has 0 amide bonds. The van der Waals surface area contributed by atoms with Gasteiger partial charge < -0.3 is 10.4 Å². The molecule has 0 atom stereocenters. The number of hydrogen-bond acceptors (Lipinski definition) is 4. The molecule has 0 spiro atoms. The van der Waals surface area contributed by atoms with Crippen LogP contribution in [0.15, 0.2) is 12.1 Å². The van der Waals surface area contributed by atoms with E-state index in [9.17, 15) is 0 Å². The van der Waals surface area contributed by atoms with Gasteiger partial charge in [0.15, 0.2) is 0 Å². The fourth-order valence-corrected chi connectivity index (χ4v) is 1.30. The maximum absolute atomic E-state index is 8.59. The third kappa shape index (κ3) is 5.32. The molecule has 0 unspecified atom stereocenters. The van der Waals surface area contributed by atoms with Crippen LogP contribution in [0.2, 0.25) is 0 Å². The molecular formula is C11H19N3O. The van der Waals surface area contributed by atoms with Gasteiger partial charge in [-0.25, -0.2) is 0 Å². The van der Waals surface area contributed by atoms with Gasteiger partial charge in [-0.3, -0.25) is 0 Å². The van der Waals surface area contributed by atoms with Gasteiger partial charge in [-0.15, -0.1) is 5.10 Å². The summed E-state index contributed by atoms with van der Waals surface area (Å²) in [4.78, 5) is 0. The van der Waals surface area contributed by atoms with Crippen LogP contribution in [0.1, 0.15) is 31.4 Å². The first-order valence-electron chi connectivity index (χ1n) is 5.48. The van der Waals surface area contributed by atoms with Gasteiger partial charge in [0.2, 0.25) is 0 Å². The molecule has 2 N–H and O–H groups in total. The van der Waals surface area contributed by atoms with E-state index < -0.39 is 0 Å². The Kier molecular flexibility index (Phi) is 5.70. The largest absolute Gasteiger partial charge is 0.396 e. The molecule has 0 aromatic carbocycles. The molecule has 0 saturated carbocycles. The molecule has 0 fully saturated rings. The number of unbranched alkanes of at least 4 members (excludes halogenated alkanes) is 3. The van der Waals surface area contributed by atoms with E-state index in [0.717, 1.165) is 43.7 Å². The summed E-state index contributed by atoms with van der Waals surface area (Å²) in [5, 5.41) is 19.8. The molecule has 0 aliphatic rings. The minimum atomic E-state index is 0.302. The molecule has 4 heteroatoms. The lowest BCUT2D eigenvalue weighted by atomic mass is 10.2. The van der Waals surface area contributed by atoms with Crippen LogP contribution in [-0.2, 0) is 0 Å². The number of hydrogen-bond donors (Lipinski definition) is 2. The van der Waals surface area contributed by atoms with Crippen molar-refractivity contribution in [3.8, 4) is 0 Å². The van der Waals surface area contributed by atoms with Crippen LogP contribution in [0, 0.1) is 6.92 Å². The highest BCUT2D eigenvalue weighted by molar-refractivity contribution is 5.32. The Bertz CT molecular complexity index is 261. The summed E-state index contributed by atoms with van der Waals surface area (Å²) in [7, 11) is 0. The fraction of sp³-hybridized carbons (Fsp3) is 0.636. The molecule has 1 heterocycles. The van der Waals surface area contributed by atoms with Crippen molar-refractivity contribution in [2.45, 2.75) is 32.6 Å². The second-order valence-electron chi connectivity index (χ2n) is 3.62. The minimum absolute atomic E-state index is 0.302. The zero-order valence-corrected chi connectivity index (χ0v) is 9.24. The number of rotatable bonds is 7. The van der Waals surface area contributed by atoms with Gasteiger partial charge in [0, 0.05) is 13.2 Å². The van der Waals surface area contributed by atoms with Gasteiger partial charge in [-0.1, -0.05) is 12.8 Å². The Morgan fingerprint density at radius 1 is 1.13 bits per heavy atom. The molecule has 1 rings (SSSR count). The number of aliphatic hydroxyl groups excluding tert-OH is 1. The first-order chi connectivity index (χ1) is 7.33. The highest BCUT2D eigenvalue weighted by atomic mass is 16.2. The number of aliphatic hydroxyl groups is 1. The van der Waals surface area contributed by atoms with Crippen molar-refractivity contribution in [3.05, 3.63) is 17.8 Å². The average molecular weight is 209 g/mol. The van der Waals surface area contributed by atoms with Gasteiger partial charge in [-0.2, -0.15) is 5.10 Å². The van der Waals surface area contributed by atoms with E-state index in [0.29, 0.717) is 6.61 Å². The first-order valence-corrected chi connectivity index (χ1v) is 5.48. The van der Waals surface area contributed by atoms with Crippen LogP contribution < -0.4 is 5.32 Å². The number of nitrogens with zero attached hydrogens (tertiary/aromatic N) is 2. The lowest BCUT2D eigenvalue weighted by molar-refractivity contribution is 0.283. The number of anilines is 1. The Hall–Kier alpha value is -1.16. The molecule has 0 aliphatic heterocycles. The van der Waals surface area contributed by atoms with E-state index in [1.54, 1.807) is 0 Å². The van der Waals surface area contributed by atoms with Crippen molar-refractivity contribution in [3.63, 3.8) is 0 Å². The van der Waals surface area contributed by atoms with Gasteiger partial charge in [0.05, 0.1) is 5.69 Å². The Balaban J connectivity index is 2.07. The maximum Gasteiger partial charge on any atom is 0.148 e. The summed E-state index contributed by atoms with van der Waals surface area (Å²) in [5.74, 6) is 0.836. The number of aromatic nitrogens is 2. The fourth-order valence-electron chi connectivity index (χ4n) is 1.30. The third-order valence-corrected chi connectivity index (χ3v) is 2.19.